The van der Waals surface area contributed by atoms with E-state index in [0.717, 1.165) is 24.3 Å². The van der Waals surface area contributed by atoms with E-state index in [1.807, 2.05) is 129 Å². The lowest BCUT2D eigenvalue weighted by Crippen LogP contribution is -2.31. The molecule has 0 aliphatic carbocycles. The van der Waals surface area contributed by atoms with Crippen molar-refractivity contribution in [2.75, 3.05) is 20.4 Å². The number of ether oxygens (including phenoxy) is 1. The Kier molecular flexibility index (Phi) is 77.3. The van der Waals surface area contributed by atoms with Crippen molar-refractivity contribution in [1.82, 2.24) is 10.2 Å². The SMILES string of the molecule is CC.CC.CC.CC.CC.CC.CC.CC.CCC(C)NC(C)C.Cc1ccc(OCO)c(C(CCN(C)C(C)C)c2ccccc2)c1. The van der Waals surface area contributed by atoms with Crippen LogP contribution in [0.4, 0.5) is 0 Å². The first-order valence-corrected chi connectivity index (χ1v) is 20.0. The van der Waals surface area contributed by atoms with Gasteiger partial charge < -0.3 is 20.1 Å². The van der Waals surface area contributed by atoms with Gasteiger partial charge in [0, 0.05) is 29.6 Å². The van der Waals surface area contributed by atoms with Crippen LogP contribution in [0.5, 0.6) is 5.75 Å². The average molecular weight is 683 g/mol. The van der Waals surface area contributed by atoms with Gasteiger partial charge in [-0.05, 0) is 65.8 Å². The second kappa shape index (κ2) is 57.4. The molecule has 2 unspecified atom stereocenters. The van der Waals surface area contributed by atoms with Gasteiger partial charge in [0.1, 0.15) is 5.75 Å². The number of nitrogens with one attached hydrogen (secondary N) is 1. The number of benzene rings is 2. The van der Waals surface area contributed by atoms with Crippen LogP contribution in [0.15, 0.2) is 48.5 Å². The highest BCUT2D eigenvalue weighted by Gasteiger charge is 2.20. The van der Waals surface area contributed by atoms with E-state index in [4.69, 9.17) is 4.74 Å². The third-order valence-corrected chi connectivity index (χ3v) is 5.84. The fraction of sp³-hybridized carbons (Fsp3) is 0.727. The summed E-state index contributed by atoms with van der Waals surface area (Å²) in [6, 6.07) is 18.5. The zero-order chi connectivity index (χ0) is 40.1. The minimum Gasteiger partial charge on any atom is -0.467 e. The molecule has 2 rings (SSSR count). The number of aryl methyl sites for hydroxylation is 1. The molecule has 2 aromatic rings. The molecule has 292 valence electrons. The first kappa shape index (κ1) is 64.6. The van der Waals surface area contributed by atoms with Gasteiger partial charge in [-0.15, -0.1) is 0 Å². The van der Waals surface area contributed by atoms with Crippen LogP contribution in [0.3, 0.4) is 0 Å². The van der Waals surface area contributed by atoms with Gasteiger partial charge in [-0.25, -0.2) is 0 Å². The largest absolute Gasteiger partial charge is 0.467 e. The molecule has 0 saturated carbocycles. The van der Waals surface area contributed by atoms with Crippen molar-refractivity contribution in [3.8, 4) is 5.75 Å². The molecule has 2 atom stereocenters. The monoisotopic (exact) mass is 683 g/mol. The highest BCUT2D eigenvalue weighted by Crippen LogP contribution is 2.35. The molecular formula is C44H94N2O2. The number of hydrogen-bond donors (Lipinski definition) is 2. The third-order valence-electron chi connectivity index (χ3n) is 5.84. The lowest BCUT2D eigenvalue weighted by Gasteiger charge is -2.26. The van der Waals surface area contributed by atoms with Crippen molar-refractivity contribution in [1.29, 1.82) is 0 Å². The Hall–Kier alpha value is -1.88. The van der Waals surface area contributed by atoms with E-state index >= 15 is 0 Å². The van der Waals surface area contributed by atoms with Crippen LogP contribution >= 0.6 is 0 Å². The van der Waals surface area contributed by atoms with E-state index in [2.05, 4.69) is 96.1 Å². The smallest absolute Gasteiger partial charge is 0.186 e. The second-order valence-electron chi connectivity index (χ2n) is 9.27. The van der Waals surface area contributed by atoms with E-state index in [9.17, 15) is 5.11 Å². The maximum absolute atomic E-state index is 9.23. The minimum absolute atomic E-state index is 0.244. The fourth-order valence-corrected chi connectivity index (χ4v) is 3.61. The number of hydrogen-bond acceptors (Lipinski definition) is 4. The van der Waals surface area contributed by atoms with E-state index in [1.165, 1.54) is 17.5 Å². The summed E-state index contributed by atoms with van der Waals surface area (Å²) < 4.78 is 5.49. The summed E-state index contributed by atoms with van der Waals surface area (Å²) in [7, 11) is 2.16. The molecule has 48 heavy (non-hydrogen) atoms. The fourth-order valence-electron chi connectivity index (χ4n) is 3.61. The van der Waals surface area contributed by atoms with Crippen LogP contribution < -0.4 is 10.1 Å². The Morgan fingerprint density at radius 1 is 0.688 bits per heavy atom. The number of nitrogens with zero attached hydrogens (tertiary/aromatic N) is 1. The summed E-state index contributed by atoms with van der Waals surface area (Å²) in [6.45, 7) is 48.0. The summed E-state index contributed by atoms with van der Waals surface area (Å²) in [4.78, 5) is 2.36. The molecule has 0 aliphatic rings. The predicted molar refractivity (Wildman–Crippen MR) is 228 cm³/mol. The quantitative estimate of drug-likeness (QED) is 0.232. The van der Waals surface area contributed by atoms with E-state index in [0.29, 0.717) is 18.1 Å². The molecule has 0 aliphatic heterocycles. The van der Waals surface area contributed by atoms with Crippen molar-refractivity contribution in [2.24, 2.45) is 0 Å². The molecular weight excluding hydrogens is 588 g/mol. The summed E-state index contributed by atoms with van der Waals surface area (Å²) in [5.74, 6) is 1.01. The van der Waals surface area contributed by atoms with Crippen LogP contribution in [0, 0.1) is 6.92 Å². The standard InChI is InChI=1S/C21H29NO2.C7H17N.8C2H6/c1-16(2)22(4)13-12-19(18-8-6-5-7-9-18)20-14-17(3)10-11-21(20)24-15-23;1-5-7(4)8-6(2)3;8*1-2/h5-11,14,16,19,23H,12-13,15H2,1-4H3;6-8H,5H2,1-4H3;8*1-2H3. The van der Waals surface area contributed by atoms with Crippen molar-refractivity contribution in [2.45, 2.75) is 196 Å². The van der Waals surface area contributed by atoms with Crippen LogP contribution in [0.1, 0.15) is 188 Å². The maximum atomic E-state index is 9.23. The lowest BCUT2D eigenvalue weighted by molar-refractivity contribution is 0.0972. The molecule has 0 amide bonds. The topological polar surface area (TPSA) is 44.7 Å². The van der Waals surface area contributed by atoms with Crippen LogP contribution in [-0.4, -0.2) is 48.5 Å². The van der Waals surface area contributed by atoms with Gasteiger partial charge in [0.2, 0.25) is 0 Å². The normalized spacial score (nSPS) is 9.75. The maximum Gasteiger partial charge on any atom is 0.186 e. The van der Waals surface area contributed by atoms with Crippen molar-refractivity contribution in [3.05, 3.63) is 65.2 Å². The van der Waals surface area contributed by atoms with Gasteiger partial charge >= 0.3 is 0 Å². The highest BCUT2D eigenvalue weighted by molar-refractivity contribution is 5.44. The molecule has 0 heterocycles. The van der Waals surface area contributed by atoms with Crippen molar-refractivity contribution < 1.29 is 9.84 Å². The average Bonchev–Trinajstić information content (AvgIpc) is 3.16. The zero-order valence-corrected chi connectivity index (χ0v) is 37.6. The summed E-state index contributed by atoms with van der Waals surface area (Å²) >= 11 is 0. The molecule has 0 aromatic heterocycles. The first-order valence-electron chi connectivity index (χ1n) is 20.0. The van der Waals surface area contributed by atoms with Crippen molar-refractivity contribution >= 4 is 0 Å². The number of aliphatic hydroxyl groups is 1. The van der Waals surface area contributed by atoms with E-state index < -0.39 is 0 Å². The molecule has 0 fully saturated rings. The molecule has 2 aromatic carbocycles. The molecule has 2 N–H and O–H groups in total. The predicted octanol–water partition coefficient (Wildman–Crippen LogP) is 14.2. The zero-order valence-electron chi connectivity index (χ0n) is 37.6. The van der Waals surface area contributed by atoms with Gasteiger partial charge in [0.15, 0.2) is 6.79 Å². The minimum atomic E-state index is -0.302. The lowest BCUT2D eigenvalue weighted by atomic mass is 9.87. The van der Waals surface area contributed by atoms with Gasteiger partial charge in [0.05, 0.1) is 0 Å². The van der Waals surface area contributed by atoms with Gasteiger partial charge in [-0.2, -0.15) is 0 Å². The Balaban J connectivity index is -0.0000000927. The summed E-state index contributed by atoms with van der Waals surface area (Å²) in [6.07, 6.45) is 2.22. The number of rotatable bonds is 11. The number of aliphatic hydroxyl groups excluding tert-OH is 1. The van der Waals surface area contributed by atoms with Crippen molar-refractivity contribution in [3.63, 3.8) is 0 Å². The Bertz CT molecular complexity index is 749. The van der Waals surface area contributed by atoms with E-state index in [1.54, 1.807) is 0 Å². The molecule has 0 radical (unpaired) electrons. The van der Waals surface area contributed by atoms with Crippen LogP contribution in [-0.2, 0) is 0 Å². The Morgan fingerprint density at radius 3 is 1.46 bits per heavy atom. The summed E-state index contributed by atoms with van der Waals surface area (Å²) in [5.41, 5.74) is 3.63. The van der Waals surface area contributed by atoms with Gasteiger partial charge in [-0.1, -0.05) is 180 Å². The first-order chi connectivity index (χ1) is 23.2. The Labute approximate surface area is 306 Å². The molecule has 0 bridgehead atoms. The molecule has 4 nitrogen and oxygen atoms in total. The summed E-state index contributed by atoms with van der Waals surface area (Å²) in [5, 5.41) is 12.6. The van der Waals surface area contributed by atoms with Gasteiger partial charge in [-0.3, -0.25) is 0 Å². The molecule has 4 heteroatoms. The van der Waals surface area contributed by atoms with Gasteiger partial charge in [0.25, 0.3) is 0 Å². The van der Waals surface area contributed by atoms with E-state index in [-0.39, 0.29) is 12.7 Å². The second-order valence-corrected chi connectivity index (χ2v) is 9.27. The Morgan fingerprint density at radius 2 is 1.12 bits per heavy atom. The molecule has 0 saturated heterocycles. The molecule has 0 spiro atoms. The van der Waals surface area contributed by atoms with Crippen LogP contribution in [0.25, 0.3) is 0 Å². The van der Waals surface area contributed by atoms with Crippen LogP contribution in [0.2, 0.25) is 0 Å². The highest BCUT2D eigenvalue weighted by atomic mass is 16.6. The third kappa shape index (κ3) is 40.3.